The van der Waals surface area contributed by atoms with E-state index in [0.29, 0.717) is 13.2 Å². The van der Waals surface area contributed by atoms with Gasteiger partial charge in [-0.25, -0.2) is 0 Å². The highest BCUT2D eigenvalue weighted by Crippen LogP contribution is 2.25. The Morgan fingerprint density at radius 3 is 3.24 bits per heavy atom. The average molecular weight is 234 g/mol. The lowest BCUT2D eigenvalue weighted by Gasteiger charge is -2.20. The number of methoxy groups -OCH3 is 1. The molecule has 1 amide bonds. The van der Waals surface area contributed by atoms with Crippen LogP contribution < -0.4 is 10.6 Å². The lowest BCUT2D eigenvalue weighted by molar-refractivity contribution is 0.0936. The first-order chi connectivity index (χ1) is 8.33. The Morgan fingerprint density at radius 1 is 1.53 bits per heavy atom. The van der Waals surface area contributed by atoms with Gasteiger partial charge in [-0.2, -0.15) is 0 Å². The topological polar surface area (TPSA) is 50.4 Å². The van der Waals surface area contributed by atoms with Gasteiger partial charge in [0, 0.05) is 31.5 Å². The third-order valence-electron chi connectivity index (χ3n) is 2.93. The third kappa shape index (κ3) is 2.77. The van der Waals surface area contributed by atoms with Gasteiger partial charge in [0.25, 0.3) is 5.91 Å². The van der Waals surface area contributed by atoms with Crippen molar-refractivity contribution in [3.05, 3.63) is 29.3 Å². The number of nitrogens with one attached hydrogen (secondary N) is 2. The van der Waals surface area contributed by atoms with Crippen LogP contribution in [0.5, 0.6) is 0 Å². The predicted octanol–water partition coefficient (Wildman–Crippen LogP) is 1.42. The van der Waals surface area contributed by atoms with Crippen LogP contribution in [0.2, 0.25) is 0 Å². The fourth-order valence-electron chi connectivity index (χ4n) is 2.08. The molecule has 1 aromatic rings. The second-order valence-corrected chi connectivity index (χ2v) is 4.11. The van der Waals surface area contributed by atoms with Crippen LogP contribution in [0.3, 0.4) is 0 Å². The summed E-state index contributed by atoms with van der Waals surface area (Å²) in [6.45, 7) is 2.08. The number of fused-ring (bicyclic) bond motifs is 1. The van der Waals surface area contributed by atoms with E-state index in [4.69, 9.17) is 4.74 Å². The molecule has 1 aromatic carbocycles. The number of benzene rings is 1. The van der Waals surface area contributed by atoms with E-state index in [1.807, 2.05) is 18.2 Å². The van der Waals surface area contributed by atoms with E-state index in [2.05, 4.69) is 10.6 Å². The molecular formula is C13H18N2O2. The van der Waals surface area contributed by atoms with E-state index in [1.165, 1.54) is 0 Å². The SMILES string of the molecule is COCCNC(=O)c1cccc2c1CCCN2. The van der Waals surface area contributed by atoms with Gasteiger partial charge in [0.15, 0.2) is 0 Å². The molecule has 4 heteroatoms. The smallest absolute Gasteiger partial charge is 0.251 e. The van der Waals surface area contributed by atoms with E-state index in [1.54, 1.807) is 7.11 Å². The molecule has 0 atom stereocenters. The van der Waals surface area contributed by atoms with Gasteiger partial charge >= 0.3 is 0 Å². The summed E-state index contributed by atoms with van der Waals surface area (Å²) >= 11 is 0. The number of rotatable bonds is 4. The Kier molecular flexibility index (Phi) is 3.98. The van der Waals surface area contributed by atoms with Gasteiger partial charge in [-0.05, 0) is 30.5 Å². The Balaban J connectivity index is 2.12. The lowest BCUT2D eigenvalue weighted by Crippen LogP contribution is -2.28. The summed E-state index contributed by atoms with van der Waals surface area (Å²) in [6, 6.07) is 5.83. The van der Waals surface area contributed by atoms with Gasteiger partial charge in [0.1, 0.15) is 0 Å². The number of hydrogen-bond acceptors (Lipinski definition) is 3. The lowest BCUT2D eigenvalue weighted by atomic mass is 9.97. The molecule has 1 aliphatic rings. The summed E-state index contributed by atoms with van der Waals surface area (Å²) in [5.41, 5.74) is 3.01. The summed E-state index contributed by atoms with van der Waals surface area (Å²) in [7, 11) is 1.63. The highest BCUT2D eigenvalue weighted by Gasteiger charge is 2.16. The zero-order valence-electron chi connectivity index (χ0n) is 10.1. The minimum Gasteiger partial charge on any atom is -0.385 e. The number of anilines is 1. The Bertz CT molecular complexity index is 404. The van der Waals surface area contributed by atoms with Gasteiger partial charge in [-0.15, -0.1) is 0 Å². The fraction of sp³-hybridized carbons (Fsp3) is 0.462. The van der Waals surface area contributed by atoms with Crippen LogP contribution >= 0.6 is 0 Å². The molecule has 0 unspecified atom stereocenters. The van der Waals surface area contributed by atoms with Crippen LogP contribution in [0.4, 0.5) is 5.69 Å². The summed E-state index contributed by atoms with van der Waals surface area (Å²) in [5, 5.41) is 6.18. The Hall–Kier alpha value is -1.55. The molecule has 4 nitrogen and oxygen atoms in total. The maximum absolute atomic E-state index is 12.0. The molecule has 2 N–H and O–H groups in total. The molecule has 0 saturated carbocycles. The van der Waals surface area contributed by atoms with Crippen molar-refractivity contribution < 1.29 is 9.53 Å². The van der Waals surface area contributed by atoms with E-state index >= 15 is 0 Å². The minimum absolute atomic E-state index is 0.0115. The van der Waals surface area contributed by atoms with Gasteiger partial charge in [-0.1, -0.05) is 6.07 Å². The first kappa shape index (κ1) is 11.9. The molecule has 0 aliphatic carbocycles. The highest BCUT2D eigenvalue weighted by molar-refractivity contribution is 5.97. The maximum Gasteiger partial charge on any atom is 0.251 e. The molecule has 2 rings (SSSR count). The summed E-state index contributed by atoms with van der Waals surface area (Å²) in [6.07, 6.45) is 2.05. The number of amides is 1. The van der Waals surface area contributed by atoms with Crippen LogP contribution in [-0.4, -0.2) is 32.7 Å². The fourth-order valence-corrected chi connectivity index (χ4v) is 2.08. The van der Waals surface area contributed by atoms with Crippen molar-refractivity contribution >= 4 is 11.6 Å². The van der Waals surface area contributed by atoms with Crippen LogP contribution in [0.15, 0.2) is 18.2 Å². The molecule has 17 heavy (non-hydrogen) atoms. The number of carbonyl (C=O) groups excluding carboxylic acids is 1. The number of hydrogen-bond donors (Lipinski definition) is 2. The first-order valence-electron chi connectivity index (χ1n) is 5.96. The Labute approximate surface area is 101 Å². The van der Waals surface area contributed by atoms with E-state index in [-0.39, 0.29) is 5.91 Å². The summed E-state index contributed by atoms with van der Waals surface area (Å²) in [4.78, 5) is 12.0. The molecule has 0 radical (unpaired) electrons. The van der Waals surface area contributed by atoms with Crippen LogP contribution in [0, 0.1) is 0 Å². The van der Waals surface area contributed by atoms with Crippen molar-refractivity contribution in [3.8, 4) is 0 Å². The van der Waals surface area contributed by atoms with E-state index in [0.717, 1.165) is 36.2 Å². The monoisotopic (exact) mass is 234 g/mol. The third-order valence-corrected chi connectivity index (χ3v) is 2.93. The molecule has 0 fully saturated rings. The molecular weight excluding hydrogens is 216 g/mol. The predicted molar refractivity (Wildman–Crippen MR) is 67.5 cm³/mol. The van der Waals surface area contributed by atoms with Crippen LogP contribution in [0.25, 0.3) is 0 Å². The van der Waals surface area contributed by atoms with Crippen molar-refractivity contribution in [3.63, 3.8) is 0 Å². The van der Waals surface area contributed by atoms with Crippen LogP contribution in [-0.2, 0) is 11.2 Å². The van der Waals surface area contributed by atoms with Gasteiger partial charge in [0.2, 0.25) is 0 Å². The summed E-state index contributed by atoms with van der Waals surface area (Å²) in [5.74, 6) is -0.0115. The minimum atomic E-state index is -0.0115. The van der Waals surface area contributed by atoms with Crippen molar-refractivity contribution in [2.45, 2.75) is 12.8 Å². The molecule has 0 bridgehead atoms. The number of ether oxygens (including phenoxy) is 1. The van der Waals surface area contributed by atoms with Crippen molar-refractivity contribution in [2.24, 2.45) is 0 Å². The largest absolute Gasteiger partial charge is 0.385 e. The first-order valence-corrected chi connectivity index (χ1v) is 5.96. The summed E-state index contributed by atoms with van der Waals surface area (Å²) < 4.78 is 4.91. The van der Waals surface area contributed by atoms with Crippen molar-refractivity contribution in [1.82, 2.24) is 5.32 Å². The molecule has 1 aliphatic heterocycles. The second-order valence-electron chi connectivity index (χ2n) is 4.11. The van der Waals surface area contributed by atoms with E-state index in [9.17, 15) is 4.79 Å². The average Bonchev–Trinajstić information content (AvgIpc) is 2.38. The molecule has 0 saturated heterocycles. The molecule has 0 aromatic heterocycles. The van der Waals surface area contributed by atoms with E-state index < -0.39 is 0 Å². The second kappa shape index (κ2) is 5.68. The standard InChI is InChI=1S/C13H18N2O2/c1-17-9-8-15-13(16)11-4-2-6-12-10(11)5-3-7-14-12/h2,4,6,14H,3,5,7-9H2,1H3,(H,15,16). The van der Waals surface area contributed by atoms with Gasteiger partial charge < -0.3 is 15.4 Å². The number of carbonyl (C=O) groups is 1. The maximum atomic E-state index is 12.0. The quantitative estimate of drug-likeness (QED) is 0.775. The molecule has 92 valence electrons. The normalized spacial score (nSPS) is 13.7. The zero-order valence-corrected chi connectivity index (χ0v) is 10.1. The van der Waals surface area contributed by atoms with Gasteiger partial charge in [0.05, 0.1) is 6.61 Å². The highest BCUT2D eigenvalue weighted by atomic mass is 16.5. The van der Waals surface area contributed by atoms with Gasteiger partial charge in [-0.3, -0.25) is 4.79 Å². The molecule has 1 heterocycles. The van der Waals surface area contributed by atoms with Crippen LogP contribution in [0.1, 0.15) is 22.3 Å². The molecule has 0 spiro atoms. The Morgan fingerprint density at radius 2 is 2.41 bits per heavy atom. The van der Waals surface area contributed by atoms with Crippen molar-refractivity contribution in [2.75, 3.05) is 32.1 Å². The van der Waals surface area contributed by atoms with Crippen molar-refractivity contribution in [1.29, 1.82) is 0 Å². The zero-order chi connectivity index (χ0) is 12.1.